The van der Waals surface area contributed by atoms with Crippen LogP contribution in [0.3, 0.4) is 0 Å². The molecule has 0 saturated heterocycles. The smallest absolute Gasteiger partial charge is 0.347 e. The molecule has 1 amide bonds. The van der Waals surface area contributed by atoms with Crippen molar-refractivity contribution in [2.75, 3.05) is 4.72 Å². The van der Waals surface area contributed by atoms with Gasteiger partial charge in [-0.15, -0.1) is 0 Å². The first kappa shape index (κ1) is 22.2. The van der Waals surface area contributed by atoms with E-state index in [0.717, 1.165) is 0 Å². The van der Waals surface area contributed by atoms with Crippen LogP contribution in [0.1, 0.15) is 61.7 Å². The molecule has 1 aromatic carbocycles. The molecule has 31 heavy (non-hydrogen) atoms. The van der Waals surface area contributed by atoms with Crippen LogP contribution >= 0.6 is 11.6 Å². The molecule has 2 N–H and O–H groups in total. The number of amides is 1. The topological polar surface area (TPSA) is 99.1 Å². The number of nitrogens with zero attached hydrogens (tertiary/aromatic N) is 1. The van der Waals surface area contributed by atoms with Crippen LogP contribution in [0.4, 0.5) is 18.9 Å². The van der Waals surface area contributed by atoms with E-state index in [2.05, 4.69) is 10.0 Å². The summed E-state index contributed by atoms with van der Waals surface area (Å²) >= 11 is 6.01. The monoisotopic (exact) mass is 475 g/mol. The van der Waals surface area contributed by atoms with Gasteiger partial charge in [0.25, 0.3) is 15.9 Å². The number of anilines is 1. The predicted octanol–water partition coefficient (Wildman–Crippen LogP) is 4.52. The zero-order valence-corrected chi connectivity index (χ0v) is 18.1. The predicted molar refractivity (Wildman–Crippen MR) is 108 cm³/mol. The Hall–Kier alpha value is -1.99. The summed E-state index contributed by atoms with van der Waals surface area (Å²) in [4.78, 5) is 13.1. The zero-order valence-electron chi connectivity index (χ0n) is 16.5. The van der Waals surface area contributed by atoms with Gasteiger partial charge in [0.2, 0.25) is 0 Å². The molecule has 11 heteroatoms. The molecule has 0 spiro atoms. The molecular formula is C20H21ClF3N3O3S. The molecule has 0 aliphatic heterocycles. The fourth-order valence-electron chi connectivity index (χ4n) is 4.70. The Morgan fingerprint density at radius 1 is 1.06 bits per heavy atom. The number of alkyl halides is 3. The minimum Gasteiger partial charge on any atom is -0.347 e. The summed E-state index contributed by atoms with van der Waals surface area (Å²) in [5.41, 5.74) is -2.48. The summed E-state index contributed by atoms with van der Waals surface area (Å²) in [6.07, 6.45) is -3.37. The van der Waals surface area contributed by atoms with Crippen LogP contribution in [0.15, 0.2) is 18.2 Å². The SMILES string of the molecule is N#CC1(S(=O)(=O)Nc2ccc(Cl)cc2C(=O)NC23CCC(C(F)(F)F)(CC2)CC3)CC1. The van der Waals surface area contributed by atoms with E-state index in [-0.39, 0.29) is 67.6 Å². The first-order valence-electron chi connectivity index (χ1n) is 9.99. The minimum absolute atomic E-state index is 0.0175. The molecule has 0 radical (unpaired) electrons. The van der Waals surface area contributed by atoms with Gasteiger partial charge in [-0.2, -0.15) is 18.4 Å². The van der Waals surface area contributed by atoms with Crippen molar-refractivity contribution in [1.82, 2.24) is 5.32 Å². The van der Waals surface area contributed by atoms with Crippen LogP contribution in [0, 0.1) is 16.7 Å². The van der Waals surface area contributed by atoms with Crippen LogP contribution < -0.4 is 10.0 Å². The number of nitriles is 1. The Kier molecular flexibility index (Phi) is 5.02. The van der Waals surface area contributed by atoms with Gasteiger partial charge in [0.1, 0.15) is 0 Å². The van der Waals surface area contributed by atoms with Gasteiger partial charge in [-0.05, 0) is 69.6 Å². The third-order valence-corrected chi connectivity index (χ3v) is 9.37. The van der Waals surface area contributed by atoms with Crippen LogP contribution in [-0.4, -0.2) is 30.8 Å². The lowest BCUT2D eigenvalue weighted by molar-refractivity contribution is -0.253. The molecular weight excluding hydrogens is 455 g/mol. The Morgan fingerprint density at radius 3 is 2.13 bits per heavy atom. The maximum absolute atomic E-state index is 13.5. The summed E-state index contributed by atoms with van der Waals surface area (Å²) in [7, 11) is -4.05. The van der Waals surface area contributed by atoms with E-state index in [0.29, 0.717) is 0 Å². The van der Waals surface area contributed by atoms with Crippen molar-refractivity contribution in [2.24, 2.45) is 5.41 Å². The molecule has 6 nitrogen and oxygen atoms in total. The van der Waals surface area contributed by atoms with Gasteiger partial charge in [-0.1, -0.05) is 11.6 Å². The van der Waals surface area contributed by atoms with Crippen molar-refractivity contribution >= 4 is 33.2 Å². The fourth-order valence-corrected chi connectivity index (χ4v) is 6.29. The molecule has 2 bridgehead atoms. The highest BCUT2D eigenvalue weighted by Gasteiger charge is 2.61. The van der Waals surface area contributed by atoms with Gasteiger partial charge in [-0.3, -0.25) is 9.52 Å². The van der Waals surface area contributed by atoms with Gasteiger partial charge in [-0.25, -0.2) is 8.42 Å². The fraction of sp³-hybridized carbons (Fsp3) is 0.600. The highest BCUT2D eigenvalue weighted by atomic mass is 35.5. The van der Waals surface area contributed by atoms with Crippen molar-refractivity contribution < 1.29 is 26.4 Å². The second-order valence-electron chi connectivity index (χ2n) is 8.91. The lowest BCUT2D eigenvalue weighted by Crippen LogP contribution is -2.59. The zero-order chi connectivity index (χ0) is 22.7. The van der Waals surface area contributed by atoms with E-state index in [4.69, 9.17) is 11.6 Å². The lowest BCUT2D eigenvalue weighted by Gasteiger charge is -2.53. The number of hydrogen-bond donors (Lipinski definition) is 2. The number of sulfonamides is 1. The number of rotatable bonds is 5. The molecule has 4 aliphatic rings. The van der Waals surface area contributed by atoms with Crippen molar-refractivity contribution in [3.05, 3.63) is 28.8 Å². The van der Waals surface area contributed by atoms with Crippen LogP contribution in [0.25, 0.3) is 0 Å². The number of carbonyl (C=O) groups is 1. The standard InChI is InChI=1S/C20H21ClF3N3O3S/c21-13-1-2-15(27-31(29,30)19(12-25)9-10-19)14(11-13)16(28)26-18-6-3-17(4-7-18,5-8-18)20(22,23)24/h1-2,11,27H,3-10H2,(H,26,28). The summed E-state index contributed by atoms with van der Waals surface area (Å²) in [6.45, 7) is 0. The summed E-state index contributed by atoms with van der Waals surface area (Å²) in [5, 5.41) is 12.3. The van der Waals surface area contributed by atoms with E-state index in [1.165, 1.54) is 18.2 Å². The maximum Gasteiger partial charge on any atom is 0.394 e. The Labute approximate surface area is 183 Å². The van der Waals surface area contributed by atoms with Gasteiger partial charge < -0.3 is 5.32 Å². The molecule has 4 fully saturated rings. The van der Waals surface area contributed by atoms with Crippen LogP contribution in [-0.2, 0) is 10.0 Å². The van der Waals surface area contributed by atoms with E-state index < -0.39 is 37.8 Å². The molecule has 1 aromatic rings. The summed E-state index contributed by atoms with van der Waals surface area (Å²) in [5.74, 6) is -0.608. The van der Waals surface area contributed by atoms with Gasteiger partial charge in [0.15, 0.2) is 4.75 Å². The first-order chi connectivity index (χ1) is 14.4. The van der Waals surface area contributed by atoms with E-state index in [1.807, 2.05) is 0 Å². The third-order valence-electron chi connectivity index (χ3n) is 7.12. The highest BCUT2D eigenvalue weighted by molar-refractivity contribution is 7.94. The molecule has 168 valence electrons. The molecule has 0 aromatic heterocycles. The van der Waals surface area contributed by atoms with Gasteiger partial charge >= 0.3 is 6.18 Å². The largest absolute Gasteiger partial charge is 0.394 e. The van der Waals surface area contributed by atoms with Gasteiger partial charge in [0.05, 0.1) is 22.7 Å². The second kappa shape index (κ2) is 7.01. The first-order valence-corrected chi connectivity index (χ1v) is 11.9. The maximum atomic E-state index is 13.5. The Morgan fingerprint density at radius 2 is 1.65 bits per heavy atom. The number of hydrogen-bond acceptors (Lipinski definition) is 4. The number of fused-ring (bicyclic) bond motifs is 3. The number of benzene rings is 1. The van der Waals surface area contributed by atoms with Crippen LogP contribution in [0.5, 0.6) is 0 Å². The third kappa shape index (κ3) is 3.65. The Bertz CT molecular complexity index is 1050. The van der Waals surface area contributed by atoms with E-state index in [9.17, 15) is 31.6 Å². The van der Waals surface area contributed by atoms with Crippen molar-refractivity contribution in [1.29, 1.82) is 5.26 Å². The average Bonchev–Trinajstić information content (AvgIpc) is 3.51. The van der Waals surface area contributed by atoms with Crippen molar-refractivity contribution in [2.45, 2.75) is 67.8 Å². The second-order valence-corrected chi connectivity index (χ2v) is 11.3. The molecule has 0 unspecified atom stereocenters. The number of nitrogens with one attached hydrogen (secondary N) is 2. The quantitative estimate of drug-likeness (QED) is 0.653. The minimum atomic E-state index is -4.26. The van der Waals surface area contributed by atoms with Crippen molar-refractivity contribution in [3.8, 4) is 6.07 Å². The number of halogens is 4. The average molecular weight is 476 g/mol. The van der Waals surface area contributed by atoms with Crippen molar-refractivity contribution in [3.63, 3.8) is 0 Å². The summed E-state index contributed by atoms with van der Waals surface area (Å²) < 4.78 is 66.5. The molecule has 4 aliphatic carbocycles. The molecule has 5 rings (SSSR count). The van der Waals surface area contributed by atoms with E-state index >= 15 is 0 Å². The normalized spacial score (nSPS) is 29.1. The Balaban J connectivity index is 1.55. The van der Waals surface area contributed by atoms with Crippen LogP contribution in [0.2, 0.25) is 5.02 Å². The summed E-state index contributed by atoms with van der Waals surface area (Å²) in [6, 6.07) is 5.87. The highest BCUT2D eigenvalue weighted by Crippen LogP contribution is 2.59. The van der Waals surface area contributed by atoms with Gasteiger partial charge in [0, 0.05) is 10.6 Å². The van der Waals surface area contributed by atoms with E-state index in [1.54, 1.807) is 6.07 Å². The molecule has 0 atom stereocenters. The molecule has 0 heterocycles. The lowest BCUT2D eigenvalue weighted by atomic mass is 9.57. The molecule has 4 saturated carbocycles. The number of carbonyl (C=O) groups excluding carboxylic acids is 1.